The average molecular weight is 343 g/mol. The van der Waals surface area contributed by atoms with Gasteiger partial charge in [-0.25, -0.2) is 9.78 Å². The second-order valence-corrected chi connectivity index (χ2v) is 6.42. The fraction of sp³-hybridized carbons (Fsp3) is 0.529. The molecule has 0 bridgehead atoms. The number of hydrogen-bond acceptors (Lipinski definition) is 5. The quantitative estimate of drug-likeness (QED) is 0.864. The van der Waals surface area contributed by atoms with Gasteiger partial charge in [-0.05, 0) is 37.8 Å². The number of pyridine rings is 1. The summed E-state index contributed by atoms with van der Waals surface area (Å²) in [5, 5.41) is 13.5. The number of carbonyl (C=O) groups is 1. The molecule has 8 nitrogen and oxygen atoms in total. The summed E-state index contributed by atoms with van der Waals surface area (Å²) in [5.74, 6) is 1.73. The van der Waals surface area contributed by atoms with Crippen LogP contribution in [0.2, 0.25) is 0 Å². The lowest BCUT2D eigenvalue weighted by Crippen LogP contribution is -2.37. The van der Waals surface area contributed by atoms with Gasteiger partial charge < -0.3 is 20.1 Å². The van der Waals surface area contributed by atoms with Crippen LogP contribution < -0.4 is 15.5 Å². The molecule has 1 aliphatic rings. The zero-order chi connectivity index (χ0) is 17.6. The fourth-order valence-corrected chi connectivity index (χ4v) is 3.01. The Kier molecular flexibility index (Phi) is 5.47. The maximum absolute atomic E-state index is 12.0. The number of urea groups is 1. The summed E-state index contributed by atoms with van der Waals surface area (Å²) in [4.78, 5) is 18.9. The minimum atomic E-state index is -0.240. The Morgan fingerprint density at radius 3 is 2.72 bits per heavy atom. The first-order valence-electron chi connectivity index (χ1n) is 8.71. The number of carbonyl (C=O) groups excluding carboxylic acids is 1. The Morgan fingerprint density at radius 2 is 2.08 bits per heavy atom. The van der Waals surface area contributed by atoms with Gasteiger partial charge in [0.1, 0.15) is 12.1 Å². The molecular formula is C17H25N7O. The molecule has 1 atom stereocenters. The summed E-state index contributed by atoms with van der Waals surface area (Å²) in [7, 11) is 1.85. The molecule has 0 saturated carbocycles. The van der Waals surface area contributed by atoms with Gasteiger partial charge in [0.25, 0.3) is 0 Å². The number of nitrogens with zero attached hydrogens (tertiary/aromatic N) is 5. The smallest absolute Gasteiger partial charge is 0.315 e. The molecule has 134 valence electrons. The molecule has 1 fully saturated rings. The molecule has 0 radical (unpaired) electrons. The highest BCUT2D eigenvalue weighted by Crippen LogP contribution is 2.17. The van der Waals surface area contributed by atoms with Crippen LogP contribution in [0.15, 0.2) is 24.7 Å². The van der Waals surface area contributed by atoms with Crippen molar-refractivity contribution in [3.05, 3.63) is 36.0 Å². The van der Waals surface area contributed by atoms with E-state index in [1.807, 2.05) is 32.3 Å². The lowest BCUT2D eigenvalue weighted by atomic mass is 10.1. The number of nitrogens with one attached hydrogen (secondary N) is 2. The molecule has 0 aromatic carbocycles. The lowest BCUT2D eigenvalue weighted by Gasteiger charge is -2.27. The van der Waals surface area contributed by atoms with E-state index in [9.17, 15) is 4.79 Å². The molecule has 1 aliphatic heterocycles. The van der Waals surface area contributed by atoms with Crippen LogP contribution in [0.25, 0.3) is 0 Å². The Morgan fingerprint density at radius 1 is 1.28 bits per heavy atom. The van der Waals surface area contributed by atoms with Crippen LogP contribution in [0.5, 0.6) is 0 Å². The van der Waals surface area contributed by atoms with Crippen LogP contribution in [0.3, 0.4) is 0 Å². The lowest BCUT2D eigenvalue weighted by molar-refractivity contribution is 0.237. The van der Waals surface area contributed by atoms with E-state index in [2.05, 4.69) is 30.7 Å². The van der Waals surface area contributed by atoms with Gasteiger partial charge in [-0.1, -0.05) is 6.07 Å². The highest BCUT2D eigenvalue weighted by molar-refractivity contribution is 5.74. The van der Waals surface area contributed by atoms with Crippen LogP contribution in [0, 0.1) is 0 Å². The van der Waals surface area contributed by atoms with Crippen LogP contribution in [-0.4, -0.2) is 38.9 Å². The summed E-state index contributed by atoms with van der Waals surface area (Å²) >= 11 is 0. The molecule has 1 saturated heterocycles. The highest BCUT2D eigenvalue weighted by Gasteiger charge is 2.14. The normalized spacial score (nSPS) is 15.7. The molecule has 25 heavy (non-hydrogen) atoms. The fourth-order valence-electron chi connectivity index (χ4n) is 3.01. The first kappa shape index (κ1) is 17.2. The summed E-state index contributed by atoms with van der Waals surface area (Å²) in [5.41, 5.74) is 0.974. The van der Waals surface area contributed by atoms with Gasteiger partial charge in [0.15, 0.2) is 5.82 Å². The summed E-state index contributed by atoms with van der Waals surface area (Å²) < 4.78 is 1.79. The third-order valence-electron chi connectivity index (χ3n) is 4.42. The van der Waals surface area contributed by atoms with Crippen LogP contribution in [-0.2, 0) is 13.6 Å². The van der Waals surface area contributed by atoms with E-state index in [4.69, 9.17) is 0 Å². The van der Waals surface area contributed by atoms with Gasteiger partial charge in [-0.2, -0.15) is 0 Å². The number of rotatable bonds is 5. The number of anilines is 1. The Labute approximate surface area is 147 Å². The van der Waals surface area contributed by atoms with Crippen molar-refractivity contribution in [1.82, 2.24) is 30.4 Å². The molecule has 3 rings (SSSR count). The average Bonchev–Trinajstić information content (AvgIpc) is 3.07. The first-order chi connectivity index (χ1) is 12.1. The molecule has 0 unspecified atom stereocenters. The molecule has 2 N–H and O–H groups in total. The number of aromatic nitrogens is 4. The van der Waals surface area contributed by atoms with Gasteiger partial charge in [-0.3, -0.25) is 0 Å². The molecule has 3 heterocycles. The predicted molar refractivity (Wildman–Crippen MR) is 95.1 cm³/mol. The number of amides is 2. The van der Waals surface area contributed by atoms with Crippen molar-refractivity contribution >= 4 is 11.8 Å². The van der Waals surface area contributed by atoms with Gasteiger partial charge in [0.05, 0.1) is 6.04 Å². The number of hydrogen-bond donors (Lipinski definition) is 2. The van der Waals surface area contributed by atoms with Crippen molar-refractivity contribution in [2.75, 3.05) is 18.0 Å². The van der Waals surface area contributed by atoms with E-state index >= 15 is 0 Å². The van der Waals surface area contributed by atoms with Gasteiger partial charge >= 0.3 is 6.03 Å². The molecule has 0 aliphatic carbocycles. The van der Waals surface area contributed by atoms with Gasteiger partial charge in [0.2, 0.25) is 0 Å². The Balaban J connectivity index is 1.47. The zero-order valence-corrected chi connectivity index (χ0v) is 14.8. The van der Waals surface area contributed by atoms with E-state index in [0.29, 0.717) is 12.4 Å². The summed E-state index contributed by atoms with van der Waals surface area (Å²) in [6, 6.07) is 3.59. The third-order valence-corrected chi connectivity index (χ3v) is 4.42. The van der Waals surface area contributed by atoms with Crippen molar-refractivity contribution in [3.8, 4) is 0 Å². The maximum atomic E-state index is 12.0. The molecule has 2 aromatic rings. The summed E-state index contributed by atoms with van der Waals surface area (Å²) in [6.45, 7) is 4.46. The SMILES string of the molecule is C[C@@H](NC(=O)NCc1ccc(N2CCCCC2)nc1)c1nncn1C. The molecular weight excluding hydrogens is 318 g/mol. The standard InChI is InChI=1S/C17H25N7O/c1-13(16-22-20-12-23(16)2)21-17(25)19-11-14-6-7-15(18-10-14)24-8-4-3-5-9-24/h6-7,10,12-13H,3-5,8-9,11H2,1-2H3,(H2,19,21,25)/t13-/m1/s1. The second-order valence-electron chi connectivity index (χ2n) is 6.42. The van der Waals surface area contributed by atoms with Crippen LogP contribution in [0.1, 0.15) is 43.6 Å². The Hall–Kier alpha value is -2.64. The molecule has 8 heteroatoms. The monoisotopic (exact) mass is 343 g/mol. The minimum absolute atomic E-state index is 0.216. The topological polar surface area (TPSA) is 88.0 Å². The summed E-state index contributed by atoms with van der Waals surface area (Å²) in [6.07, 6.45) is 7.21. The molecule has 2 aromatic heterocycles. The van der Waals surface area contributed by atoms with E-state index < -0.39 is 0 Å². The van der Waals surface area contributed by atoms with Crippen molar-refractivity contribution in [1.29, 1.82) is 0 Å². The van der Waals surface area contributed by atoms with Crippen LogP contribution in [0.4, 0.5) is 10.6 Å². The second kappa shape index (κ2) is 7.96. The van der Waals surface area contributed by atoms with E-state index in [0.717, 1.165) is 24.5 Å². The van der Waals surface area contributed by atoms with E-state index in [-0.39, 0.29) is 12.1 Å². The third kappa shape index (κ3) is 4.46. The van der Waals surface area contributed by atoms with E-state index in [1.54, 1.807) is 10.9 Å². The van der Waals surface area contributed by atoms with Gasteiger partial charge in [0, 0.05) is 32.9 Å². The van der Waals surface area contributed by atoms with E-state index in [1.165, 1.54) is 19.3 Å². The minimum Gasteiger partial charge on any atom is -0.357 e. The number of piperidine rings is 1. The van der Waals surface area contributed by atoms with Crippen molar-refractivity contribution in [2.45, 2.75) is 38.8 Å². The largest absolute Gasteiger partial charge is 0.357 e. The van der Waals surface area contributed by atoms with Crippen molar-refractivity contribution < 1.29 is 4.79 Å². The number of aryl methyl sites for hydroxylation is 1. The maximum Gasteiger partial charge on any atom is 0.315 e. The van der Waals surface area contributed by atoms with Crippen molar-refractivity contribution in [2.24, 2.45) is 7.05 Å². The molecule has 2 amide bonds. The first-order valence-corrected chi connectivity index (χ1v) is 8.71. The Bertz CT molecular complexity index is 691. The van der Waals surface area contributed by atoms with Crippen LogP contribution >= 0.6 is 0 Å². The highest BCUT2D eigenvalue weighted by atomic mass is 16.2. The van der Waals surface area contributed by atoms with Gasteiger partial charge in [-0.15, -0.1) is 10.2 Å². The molecule has 0 spiro atoms. The zero-order valence-electron chi connectivity index (χ0n) is 14.8. The predicted octanol–water partition coefficient (Wildman–Crippen LogP) is 1.76. The van der Waals surface area contributed by atoms with Crippen molar-refractivity contribution in [3.63, 3.8) is 0 Å².